The summed E-state index contributed by atoms with van der Waals surface area (Å²) in [7, 11) is 0. The molecule has 0 spiro atoms. The molecule has 0 saturated heterocycles. The van der Waals surface area contributed by atoms with Crippen molar-refractivity contribution in [1.82, 2.24) is 4.98 Å². The summed E-state index contributed by atoms with van der Waals surface area (Å²) < 4.78 is 0. The molecule has 1 aromatic heterocycles. The molecule has 0 amide bonds. The van der Waals surface area contributed by atoms with Crippen molar-refractivity contribution in [1.29, 1.82) is 0 Å². The van der Waals surface area contributed by atoms with Gasteiger partial charge in [0.1, 0.15) is 0 Å². The Morgan fingerprint density at radius 3 is 2.29 bits per heavy atom. The molecule has 0 aliphatic carbocycles. The Bertz CT molecular complexity index is 483. The zero-order valence-corrected chi connectivity index (χ0v) is 11.7. The van der Waals surface area contributed by atoms with E-state index in [0.717, 1.165) is 0 Å². The van der Waals surface area contributed by atoms with Crippen molar-refractivity contribution in [3.05, 3.63) is 52.0 Å². The normalized spacial score (nSPS) is 12.1. The minimum atomic E-state index is -0.00903. The Kier molecular flexibility index (Phi) is 3.34. The van der Waals surface area contributed by atoms with Gasteiger partial charge < -0.3 is 0 Å². The van der Waals surface area contributed by atoms with E-state index in [2.05, 4.69) is 63.4 Å². The lowest BCUT2D eigenvalue weighted by molar-refractivity contribution is 0.616. The monoisotopic (exact) mass is 245 g/mol. The summed E-state index contributed by atoms with van der Waals surface area (Å²) >= 11 is 1.77. The Morgan fingerprint density at radius 2 is 1.76 bits per heavy atom. The summed E-state index contributed by atoms with van der Waals surface area (Å²) in [6, 6.07) is 10.6. The van der Waals surface area contributed by atoms with Crippen molar-refractivity contribution in [2.24, 2.45) is 0 Å². The van der Waals surface area contributed by atoms with Crippen LogP contribution in [0.15, 0.2) is 35.7 Å². The van der Waals surface area contributed by atoms with Gasteiger partial charge in [0.05, 0.1) is 10.7 Å². The number of hydrogen-bond donors (Lipinski definition) is 0. The van der Waals surface area contributed by atoms with Crippen LogP contribution in [0, 0.1) is 0 Å². The number of thiazole rings is 1. The lowest BCUT2D eigenvalue weighted by atomic mass is 9.82. The van der Waals surface area contributed by atoms with Crippen LogP contribution in [0.2, 0.25) is 0 Å². The molecule has 0 unspecified atom stereocenters. The fourth-order valence-electron chi connectivity index (χ4n) is 1.84. The number of rotatable bonds is 3. The van der Waals surface area contributed by atoms with Gasteiger partial charge in [0.25, 0.3) is 0 Å². The van der Waals surface area contributed by atoms with Crippen molar-refractivity contribution < 1.29 is 0 Å². The quantitative estimate of drug-likeness (QED) is 0.770. The Hall–Kier alpha value is -1.15. The fourth-order valence-corrected chi connectivity index (χ4v) is 2.85. The van der Waals surface area contributed by atoms with Gasteiger partial charge in [-0.15, -0.1) is 11.3 Å². The molecule has 17 heavy (non-hydrogen) atoms. The second kappa shape index (κ2) is 4.61. The molecular weight excluding hydrogens is 226 g/mol. The first-order valence-corrected chi connectivity index (χ1v) is 6.91. The summed E-state index contributed by atoms with van der Waals surface area (Å²) in [5, 5.41) is 3.42. The van der Waals surface area contributed by atoms with E-state index in [4.69, 9.17) is 4.98 Å². The highest BCUT2D eigenvalue weighted by atomic mass is 32.1. The largest absolute Gasteiger partial charge is 0.245 e. The van der Waals surface area contributed by atoms with Crippen molar-refractivity contribution in [3.8, 4) is 0 Å². The summed E-state index contributed by atoms with van der Waals surface area (Å²) in [5.74, 6) is 0.514. The maximum absolute atomic E-state index is 4.78. The summed E-state index contributed by atoms with van der Waals surface area (Å²) in [6.45, 7) is 8.86. The van der Waals surface area contributed by atoms with Gasteiger partial charge in [-0.2, -0.15) is 0 Å². The first-order chi connectivity index (χ1) is 8.01. The van der Waals surface area contributed by atoms with Crippen LogP contribution in [0.5, 0.6) is 0 Å². The fraction of sp³-hybridized carbons (Fsp3) is 0.400. The van der Waals surface area contributed by atoms with E-state index in [0.29, 0.717) is 5.92 Å². The highest BCUT2D eigenvalue weighted by molar-refractivity contribution is 7.09. The lowest BCUT2D eigenvalue weighted by Gasteiger charge is -2.23. The number of benzene rings is 1. The van der Waals surface area contributed by atoms with Crippen LogP contribution in [-0.4, -0.2) is 4.98 Å². The van der Waals surface area contributed by atoms with E-state index in [1.165, 1.54) is 16.3 Å². The molecule has 2 heteroatoms. The van der Waals surface area contributed by atoms with Crippen molar-refractivity contribution in [2.75, 3.05) is 0 Å². The molecule has 90 valence electrons. The van der Waals surface area contributed by atoms with Gasteiger partial charge in [0, 0.05) is 16.7 Å². The second-order valence-corrected chi connectivity index (χ2v) is 6.11. The number of nitrogens with zero attached hydrogens (tertiary/aromatic N) is 1. The molecule has 2 rings (SSSR count). The molecule has 0 fully saturated rings. The molecule has 0 atom stereocenters. The van der Waals surface area contributed by atoms with Gasteiger partial charge in [-0.1, -0.05) is 58.0 Å². The van der Waals surface area contributed by atoms with Crippen LogP contribution in [0.4, 0.5) is 0 Å². The Balaban J connectivity index is 2.37. The third kappa shape index (κ3) is 2.42. The molecule has 0 aliphatic rings. The third-order valence-electron chi connectivity index (χ3n) is 3.15. The molecule has 1 heterocycles. The van der Waals surface area contributed by atoms with E-state index < -0.39 is 0 Å². The number of aromatic nitrogens is 1. The summed E-state index contributed by atoms with van der Waals surface area (Å²) in [5.41, 5.74) is 2.49. The number of hydrogen-bond acceptors (Lipinski definition) is 2. The Morgan fingerprint density at radius 1 is 1.12 bits per heavy atom. The topological polar surface area (TPSA) is 12.9 Å². The first kappa shape index (κ1) is 12.3. The van der Waals surface area contributed by atoms with Crippen LogP contribution >= 0.6 is 11.3 Å². The van der Waals surface area contributed by atoms with Gasteiger partial charge in [0.2, 0.25) is 0 Å². The molecule has 2 aromatic rings. The maximum atomic E-state index is 4.78. The van der Waals surface area contributed by atoms with Crippen molar-refractivity contribution in [3.63, 3.8) is 0 Å². The smallest absolute Gasteiger partial charge is 0.0954 e. The van der Waals surface area contributed by atoms with Gasteiger partial charge in [0.15, 0.2) is 0 Å². The van der Waals surface area contributed by atoms with Crippen LogP contribution in [0.3, 0.4) is 0 Å². The minimum Gasteiger partial charge on any atom is -0.245 e. The standard InChI is InChI=1S/C15H19NS/c1-11(2)14-16-13(10-17-14)15(3,4)12-8-6-5-7-9-12/h5-11H,1-4H3. The van der Waals surface area contributed by atoms with Gasteiger partial charge in [-0.25, -0.2) is 4.98 Å². The van der Waals surface area contributed by atoms with E-state index in [9.17, 15) is 0 Å². The summed E-state index contributed by atoms with van der Waals surface area (Å²) in [4.78, 5) is 4.78. The van der Waals surface area contributed by atoms with E-state index in [1.54, 1.807) is 11.3 Å². The predicted molar refractivity (Wildman–Crippen MR) is 74.8 cm³/mol. The molecular formula is C15H19NS. The molecule has 0 N–H and O–H groups in total. The van der Waals surface area contributed by atoms with E-state index in [-0.39, 0.29) is 5.41 Å². The SMILES string of the molecule is CC(C)c1nc(C(C)(C)c2ccccc2)cs1. The van der Waals surface area contributed by atoms with Crippen LogP contribution in [0.25, 0.3) is 0 Å². The molecule has 0 aliphatic heterocycles. The minimum absolute atomic E-state index is 0.00903. The molecule has 1 nitrogen and oxygen atoms in total. The van der Waals surface area contributed by atoms with Crippen LogP contribution in [-0.2, 0) is 5.41 Å². The van der Waals surface area contributed by atoms with Gasteiger partial charge in [-0.05, 0) is 5.56 Å². The maximum Gasteiger partial charge on any atom is 0.0954 e. The highest BCUT2D eigenvalue weighted by Crippen LogP contribution is 2.33. The molecule has 0 saturated carbocycles. The zero-order chi connectivity index (χ0) is 12.5. The highest BCUT2D eigenvalue weighted by Gasteiger charge is 2.26. The van der Waals surface area contributed by atoms with Crippen molar-refractivity contribution >= 4 is 11.3 Å². The molecule has 0 bridgehead atoms. The average molecular weight is 245 g/mol. The van der Waals surface area contributed by atoms with Crippen LogP contribution in [0.1, 0.15) is 49.9 Å². The van der Waals surface area contributed by atoms with Crippen molar-refractivity contribution in [2.45, 2.75) is 39.0 Å². The predicted octanol–water partition coefficient (Wildman–Crippen LogP) is 4.59. The first-order valence-electron chi connectivity index (χ1n) is 6.03. The van der Waals surface area contributed by atoms with E-state index >= 15 is 0 Å². The van der Waals surface area contributed by atoms with Crippen LogP contribution < -0.4 is 0 Å². The molecule has 1 aromatic carbocycles. The molecule has 0 radical (unpaired) electrons. The van der Waals surface area contributed by atoms with E-state index in [1.807, 2.05) is 0 Å². The lowest BCUT2D eigenvalue weighted by Crippen LogP contribution is -2.19. The zero-order valence-electron chi connectivity index (χ0n) is 10.9. The average Bonchev–Trinajstić information content (AvgIpc) is 2.80. The second-order valence-electron chi connectivity index (χ2n) is 5.22. The third-order valence-corrected chi connectivity index (χ3v) is 4.30. The summed E-state index contributed by atoms with van der Waals surface area (Å²) in [6.07, 6.45) is 0. The van der Waals surface area contributed by atoms with Gasteiger partial charge in [-0.3, -0.25) is 0 Å². The van der Waals surface area contributed by atoms with Gasteiger partial charge >= 0.3 is 0 Å². The Labute approximate surface area is 108 Å².